The number of aromatic nitrogens is 1. The zero-order chi connectivity index (χ0) is 22.5. The second kappa shape index (κ2) is 7.77. The van der Waals surface area contributed by atoms with Gasteiger partial charge in [-0.05, 0) is 67.2 Å². The van der Waals surface area contributed by atoms with Gasteiger partial charge in [0.1, 0.15) is 0 Å². The van der Waals surface area contributed by atoms with E-state index in [0.717, 1.165) is 52.8 Å². The quantitative estimate of drug-likeness (QED) is 0.526. The molecular formula is C28H31N3O. The van der Waals surface area contributed by atoms with E-state index >= 15 is 0 Å². The summed E-state index contributed by atoms with van der Waals surface area (Å²) in [7, 11) is 0. The normalized spacial score (nSPS) is 19.4. The first-order chi connectivity index (χ1) is 15.4. The molecule has 0 saturated carbocycles. The lowest BCUT2D eigenvalue weighted by atomic mass is 9.68. The largest absolute Gasteiger partial charge is 0.373 e. The molecule has 5 rings (SSSR count). The number of hydrogen-bond donors (Lipinski definition) is 1. The van der Waals surface area contributed by atoms with Gasteiger partial charge in [0.15, 0.2) is 5.78 Å². The van der Waals surface area contributed by atoms with Crippen molar-refractivity contribution < 1.29 is 4.79 Å². The zero-order valence-electron chi connectivity index (χ0n) is 19.4. The van der Waals surface area contributed by atoms with E-state index in [1.165, 1.54) is 11.3 Å². The number of rotatable bonds is 4. The number of fused-ring (bicyclic) bond motifs is 4. The second-order valence-electron chi connectivity index (χ2n) is 9.73. The second-order valence-corrected chi connectivity index (χ2v) is 9.73. The van der Waals surface area contributed by atoms with Gasteiger partial charge in [-0.3, -0.25) is 9.78 Å². The highest BCUT2D eigenvalue weighted by Crippen LogP contribution is 2.51. The smallest absolute Gasteiger partial charge is 0.162 e. The lowest BCUT2D eigenvalue weighted by Crippen LogP contribution is -2.33. The van der Waals surface area contributed by atoms with Crippen LogP contribution in [0.1, 0.15) is 57.7 Å². The summed E-state index contributed by atoms with van der Waals surface area (Å²) in [5, 5.41) is 4.84. The first-order valence-corrected chi connectivity index (χ1v) is 11.7. The molecule has 2 aromatic carbocycles. The Labute approximate surface area is 190 Å². The molecule has 2 aliphatic rings. The van der Waals surface area contributed by atoms with E-state index < -0.39 is 0 Å². The third-order valence-corrected chi connectivity index (χ3v) is 6.95. The van der Waals surface area contributed by atoms with Crippen LogP contribution in [0.4, 0.5) is 11.4 Å². The number of anilines is 2. The molecular weight excluding hydrogens is 394 g/mol. The van der Waals surface area contributed by atoms with Crippen LogP contribution in [0.2, 0.25) is 0 Å². The molecule has 4 nitrogen and oxygen atoms in total. The highest BCUT2D eigenvalue weighted by molar-refractivity contribution is 6.12. The van der Waals surface area contributed by atoms with Crippen LogP contribution in [0, 0.1) is 5.41 Å². The summed E-state index contributed by atoms with van der Waals surface area (Å²) in [6.45, 7) is 10.7. The minimum atomic E-state index is -0.124. The molecule has 2 heterocycles. The molecule has 0 fully saturated rings. The van der Waals surface area contributed by atoms with Gasteiger partial charge >= 0.3 is 0 Å². The molecule has 1 aliphatic carbocycles. The Morgan fingerprint density at radius 2 is 1.78 bits per heavy atom. The van der Waals surface area contributed by atoms with Crippen LogP contribution >= 0.6 is 0 Å². The zero-order valence-corrected chi connectivity index (χ0v) is 19.4. The maximum atomic E-state index is 13.5. The lowest BCUT2D eigenvalue weighted by molar-refractivity contribution is -0.118. The van der Waals surface area contributed by atoms with Gasteiger partial charge in [-0.1, -0.05) is 32.0 Å². The summed E-state index contributed by atoms with van der Waals surface area (Å²) in [6, 6.07) is 16.9. The highest BCUT2D eigenvalue weighted by Gasteiger charge is 2.40. The van der Waals surface area contributed by atoms with Crippen molar-refractivity contribution in [1.29, 1.82) is 0 Å². The molecule has 0 spiro atoms. The van der Waals surface area contributed by atoms with Gasteiger partial charge in [-0.2, -0.15) is 0 Å². The van der Waals surface area contributed by atoms with Crippen LogP contribution in [0.5, 0.6) is 0 Å². The summed E-state index contributed by atoms with van der Waals surface area (Å²) >= 11 is 0. The summed E-state index contributed by atoms with van der Waals surface area (Å²) in [5.41, 5.74) is 7.65. The summed E-state index contributed by atoms with van der Waals surface area (Å²) in [4.78, 5) is 20.4. The van der Waals surface area contributed by atoms with E-state index in [9.17, 15) is 4.79 Å². The number of ketones is 1. The van der Waals surface area contributed by atoms with E-state index in [2.05, 4.69) is 85.4 Å². The minimum Gasteiger partial charge on any atom is -0.373 e. The first-order valence-electron chi connectivity index (χ1n) is 11.7. The monoisotopic (exact) mass is 425 g/mol. The van der Waals surface area contributed by atoms with E-state index in [0.29, 0.717) is 6.42 Å². The molecule has 0 radical (unpaired) electrons. The maximum absolute atomic E-state index is 13.5. The highest BCUT2D eigenvalue weighted by atomic mass is 16.1. The lowest BCUT2D eigenvalue weighted by Gasteiger charge is -2.40. The Bertz CT molecular complexity index is 1220. The Morgan fingerprint density at radius 3 is 2.50 bits per heavy atom. The van der Waals surface area contributed by atoms with E-state index in [-0.39, 0.29) is 17.2 Å². The third-order valence-electron chi connectivity index (χ3n) is 6.95. The number of carbonyl (C=O) groups is 1. The number of nitrogens with one attached hydrogen (secondary N) is 1. The predicted molar refractivity (Wildman–Crippen MR) is 133 cm³/mol. The van der Waals surface area contributed by atoms with Crippen molar-refractivity contribution in [3.8, 4) is 0 Å². The Balaban J connectivity index is 1.67. The van der Waals surface area contributed by atoms with Crippen molar-refractivity contribution in [3.63, 3.8) is 0 Å². The molecule has 164 valence electrons. The van der Waals surface area contributed by atoms with Crippen molar-refractivity contribution in [3.05, 3.63) is 71.4 Å². The van der Waals surface area contributed by atoms with Crippen LogP contribution in [-0.2, 0) is 4.79 Å². The fourth-order valence-electron chi connectivity index (χ4n) is 5.43. The Morgan fingerprint density at radius 1 is 1.03 bits per heavy atom. The van der Waals surface area contributed by atoms with Gasteiger partial charge in [-0.15, -0.1) is 0 Å². The van der Waals surface area contributed by atoms with E-state index in [1.807, 2.05) is 12.3 Å². The number of allylic oxidation sites excluding steroid dienone is 1. The molecule has 3 aromatic rings. The number of Topliss-reactive ketones (excluding diaryl/α,β-unsaturated/α-hetero) is 1. The molecule has 1 aliphatic heterocycles. The van der Waals surface area contributed by atoms with Gasteiger partial charge < -0.3 is 10.2 Å². The summed E-state index contributed by atoms with van der Waals surface area (Å²) in [6.07, 6.45) is 3.31. The van der Waals surface area contributed by atoms with Crippen molar-refractivity contribution in [2.24, 2.45) is 5.41 Å². The number of benzene rings is 2. The predicted octanol–water partition coefficient (Wildman–Crippen LogP) is 6.39. The fraction of sp³-hybridized carbons (Fsp3) is 0.357. The number of carbonyl (C=O) groups excluding carboxylic acids is 1. The molecule has 0 amide bonds. The Kier molecular flexibility index (Phi) is 5.04. The van der Waals surface area contributed by atoms with Crippen LogP contribution in [0.25, 0.3) is 16.5 Å². The van der Waals surface area contributed by atoms with E-state index in [4.69, 9.17) is 0 Å². The van der Waals surface area contributed by atoms with Crippen LogP contribution < -0.4 is 10.2 Å². The van der Waals surface area contributed by atoms with Gasteiger partial charge in [-0.25, -0.2) is 0 Å². The summed E-state index contributed by atoms with van der Waals surface area (Å²) < 4.78 is 0. The van der Waals surface area contributed by atoms with Crippen LogP contribution in [0.3, 0.4) is 0 Å². The maximum Gasteiger partial charge on any atom is 0.162 e. The number of nitrogens with zero attached hydrogens (tertiary/aromatic N) is 2. The fourth-order valence-corrected chi connectivity index (χ4v) is 5.43. The van der Waals surface area contributed by atoms with Crippen molar-refractivity contribution in [2.75, 3.05) is 23.3 Å². The SMILES string of the molecule is CCN(CC)c1ccc([C@H]2Nc3ccc4ncccc4c3C3=C2C(=O)CC(C)(C)C3)cc1. The van der Waals surface area contributed by atoms with E-state index in [1.54, 1.807) is 0 Å². The molecule has 0 bridgehead atoms. The van der Waals surface area contributed by atoms with Gasteiger partial charge in [0.05, 0.1) is 11.6 Å². The molecule has 1 aromatic heterocycles. The molecule has 1 atom stereocenters. The van der Waals surface area contributed by atoms with Crippen molar-refractivity contribution >= 4 is 33.6 Å². The van der Waals surface area contributed by atoms with Crippen molar-refractivity contribution in [1.82, 2.24) is 4.98 Å². The summed E-state index contributed by atoms with van der Waals surface area (Å²) in [5.74, 6) is 0.258. The number of hydrogen-bond acceptors (Lipinski definition) is 4. The number of pyridine rings is 1. The van der Waals surface area contributed by atoms with Gasteiger partial charge in [0.25, 0.3) is 0 Å². The van der Waals surface area contributed by atoms with Gasteiger partial charge in [0.2, 0.25) is 0 Å². The molecule has 4 heteroatoms. The standard InChI is InChI=1S/C28H31N3O/c1-5-31(6-2)19-11-9-18(10-12-19)27-26-21(16-28(3,4)17-24(26)32)25-20-8-7-15-29-22(20)13-14-23(25)30-27/h7-15,27,30H,5-6,16-17H2,1-4H3/t27-/m1/s1. The third kappa shape index (κ3) is 3.38. The Hall–Kier alpha value is -3.14. The minimum absolute atomic E-state index is 0.0495. The van der Waals surface area contributed by atoms with Gasteiger partial charge in [0, 0.05) is 53.6 Å². The average Bonchev–Trinajstić information content (AvgIpc) is 2.78. The van der Waals surface area contributed by atoms with Crippen LogP contribution in [0.15, 0.2) is 60.3 Å². The molecule has 0 unspecified atom stereocenters. The molecule has 0 saturated heterocycles. The topological polar surface area (TPSA) is 45.2 Å². The van der Waals surface area contributed by atoms with Crippen LogP contribution in [-0.4, -0.2) is 23.9 Å². The molecule has 32 heavy (non-hydrogen) atoms. The first kappa shape index (κ1) is 20.7. The average molecular weight is 426 g/mol. The molecule has 1 N–H and O–H groups in total. The van der Waals surface area contributed by atoms with Crippen molar-refractivity contribution in [2.45, 2.75) is 46.6 Å².